The molecule has 2 aromatic heterocycles. The number of fused-ring (bicyclic) bond motifs is 1. The summed E-state index contributed by atoms with van der Waals surface area (Å²) in [4.78, 5) is 27.5. The van der Waals surface area contributed by atoms with Gasteiger partial charge in [0.2, 0.25) is 5.43 Å². The lowest BCUT2D eigenvalue weighted by Crippen LogP contribution is -2.20. The molecule has 7 nitrogen and oxygen atoms in total. The average Bonchev–Trinajstić information content (AvgIpc) is 2.59. The van der Waals surface area contributed by atoms with Crippen LogP contribution in [-0.4, -0.2) is 27.7 Å². The molecule has 140 valence electrons. The van der Waals surface area contributed by atoms with Crippen LogP contribution in [0, 0.1) is 17.5 Å². The molecule has 0 aliphatic rings. The number of benzene rings is 1. The van der Waals surface area contributed by atoms with Crippen LogP contribution in [0.2, 0.25) is 0 Å². The Kier molecular flexibility index (Phi) is 4.56. The summed E-state index contributed by atoms with van der Waals surface area (Å²) < 4.78 is 43.0. The molecule has 0 spiro atoms. The number of aromatic carboxylic acids is 1. The maximum atomic E-state index is 14.4. The van der Waals surface area contributed by atoms with E-state index in [1.54, 1.807) is 0 Å². The van der Waals surface area contributed by atoms with Crippen LogP contribution in [-0.2, 0) is 0 Å². The van der Waals surface area contributed by atoms with Crippen LogP contribution in [0.3, 0.4) is 0 Å². The zero-order valence-corrected chi connectivity index (χ0v) is 15.1. The lowest BCUT2D eigenvalue weighted by atomic mass is 10.1. The van der Waals surface area contributed by atoms with Gasteiger partial charge in [-0.3, -0.25) is 9.36 Å². The first-order valence-corrected chi connectivity index (χ1v) is 8.07. The summed E-state index contributed by atoms with van der Waals surface area (Å²) in [6, 6.07) is 1.29. The predicted octanol–water partition coefficient (Wildman–Crippen LogP) is 2.89. The van der Waals surface area contributed by atoms with E-state index in [-0.39, 0.29) is 21.1 Å². The summed E-state index contributed by atoms with van der Waals surface area (Å²) in [5, 5.41) is 11.5. The number of carbonyl (C=O) groups is 1. The van der Waals surface area contributed by atoms with Crippen molar-refractivity contribution >= 4 is 44.3 Å². The quantitative estimate of drug-likeness (QED) is 0.575. The summed E-state index contributed by atoms with van der Waals surface area (Å²) in [6.07, 6.45) is 0.817. The molecule has 0 aliphatic heterocycles. The number of nitrogens with two attached hydrogens (primary N) is 1. The molecule has 0 fully saturated rings. The predicted molar refractivity (Wildman–Crippen MR) is 95.8 cm³/mol. The highest BCUT2D eigenvalue weighted by atomic mass is 79.9. The number of rotatable bonds is 3. The number of halogens is 4. The van der Waals surface area contributed by atoms with Crippen LogP contribution in [0.4, 0.5) is 24.7 Å². The number of pyridine rings is 2. The summed E-state index contributed by atoms with van der Waals surface area (Å²) >= 11 is 3.13. The van der Waals surface area contributed by atoms with E-state index in [4.69, 9.17) is 5.73 Å². The summed E-state index contributed by atoms with van der Waals surface area (Å²) in [5.41, 5.74) is 3.52. The minimum absolute atomic E-state index is 0.0122. The molecule has 0 radical (unpaired) electrons. The number of nitrogens with one attached hydrogen (secondary N) is 1. The van der Waals surface area contributed by atoms with Crippen molar-refractivity contribution in [2.75, 3.05) is 18.1 Å². The van der Waals surface area contributed by atoms with Gasteiger partial charge < -0.3 is 16.2 Å². The normalized spacial score (nSPS) is 11.0. The summed E-state index contributed by atoms with van der Waals surface area (Å²) in [7, 11) is 1.41. The number of anilines is 2. The van der Waals surface area contributed by atoms with Crippen LogP contribution in [0.1, 0.15) is 10.4 Å². The standard InChI is InChI=1S/C16H10BrF3N4O3/c1-22-11-7(18)2-5-12(10(11)17)24(4-6(13(5)25)16(26)27)15-9(20)3-8(19)14(21)23-15/h2-4,22H,1H3,(H2,21,23)(H,26,27). The Labute approximate surface area is 157 Å². The molecule has 4 N–H and O–H groups in total. The van der Waals surface area contributed by atoms with E-state index >= 15 is 0 Å². The molecule has 0 bridgehead atoms. The molecule has 0 aliphatic carbocycles. The average molecular weight is 443 g/mol. The first-order valence-electron chi connectivity index (χ1n) is 7.27. The van der Waals surface area contributed by atoms with E-state index < -0.39 is 46.0 Å². The summed E-state index contributed by atoms with van der Waals surface area (Å²) in [5.74, 6) is -5.92. The lowest BCUT2D eigenvalue weighted by molar-refractivity contribution is 0.0695. The first kappa shape index (κ1) is 18.7. The third kappa shape index (κ3) is 2.89. The summed E-state index contributed by atoms with van der Waals surface area (Å²) in [6.45, 7) is 0. The van der Waals surface area contributed by atoms with E-state index in [9.17, 15) is 27.9 Å². The zero-order valence-electron chi connectivity index (χ0n) is 13.5. The molecule has 2 heterocycles. The second-order valence-electron chi connectivity index (χ2n) is 5.40. The van der Waals surface area contributed by atoms with E-state index in [1.807, 2.05) is 0 Å². The van der Waals surface area contributed by atoms with Gasteiger partial charge >= 0.3 is 5.97 Å². The van der Waals surface area contributed by atoms with Crippen molar-refractivity contribution in [3.05, 3.63) is 56.0 Å². The molecule has 3 rings (SSSR count). The van der Waals surface area contributed by atoms with Crippen molar-refractivity contribution in [2.45, 2.75) is 0 Å². The van der Waals surface area contributed by atoms with Gasteiger partial charge in [0.15, 0.2) is 23.3 Å². The Bertz CT molecular complexity index is 1180. The maximum absolute atomic E-state index is 14.4. The SMILES string of the molecule is CNc1c(F)cc2c(=O)c(C(=O)O)cn(-c3nc(N)c(F)cc3F)c2c1Br. The molecule has 1 aromatic carbocycles. The van der Waals surface area contributed by atoms with E-state index in [1.165, 1.54) is 7.05 Å². The van der Waals surface area contributed by atoms with Crippen molar-refractivity contribution in [1.29, 1.82) is 0 Å². The monoisotopic (exact) mass is 442 g/mol. The van der Waals surface area contributed by atoms with Crippen molar-refractivity contribution < 1.29 is 23.1 Å². The number of nitrogen functional groups attached to an aromatic ring is 1. The largest absolute Gasteiger partial charge is 0.477 e. The third-order valence-corrected chi connectivity index (χ3v) is 4.60. The molecule has 11 heteroatoms. The Morgan fingerprint density at radius 2 is 1.93 bits per heavy atom. The fourth-order valence-corrected chi connectivity index (χ4v) is 3.40. The highest BCUT2D eigenvalue weighted by molar-refractivity contribution is 9.10. The molecule has 0 atom stereocenters. The van der Waals surface area contributed by atoms with Gasteiger partial charge in [-0.2, -0.15) is 0 Å². The Morgan fingerprint density at radius 3 is 2.52 bits per heavy atom. The molecular formula is C16H10BrF3N4O3. The van der Waals surface area contributed by atoms with Crippen molar-refractivity contribution in [3.8, 4) is 5.82 Å². The van der Waals surface area contributed by atoms with Gasteiger partial charge in [-0.25, -0.2) is 22.9 Å². The van der Waals surface area contributed by atoms with E-state index in [0.29, 0.717) is 6.07 Å². The lowest BCUT2D eigenvalue weighted by Gasteiger charge is -2.16. The Balaban J connectivity index is 2.59. The Hall–Kier alpha value is -3.08. The fourth-order valence-electron chi connectivity index (χ4n) is 2.60. The van der Waals surface area contributed by atoms with Gasteiger partial charge in [-0.05, 0) is 22.0 Å². The van der Waals surface area contributed by atoms with E-state index in [0.717, 1.165) is 16.8 Å². The molecular weight excluding hydrogens is 433 g/mol. The smallest absolute Gasteiger partial charge is 0.341 e. The highest BCUT2D eigenvalue weighted by Crippen LogP contribution is 2.34. The van der Waals surface area contributed by atoms with Crippen LogP contribution < -0.4 is 16.5 Å². The number of carboxylic acids is 1. The van der Waals surface area contributed by atoms with Crippen LogP contribution in [0.15, 0.2) is 27.6 Å². The maximum Gasteiger partial charge on any atom is 0.341 e. The Morgan fingerprint density at radius 1 is 1.26 bits per heavy atom. The van der Waals surface area contributed by atoms with Gasteiger partial charge in [-0.1, -0.05) is 0 Å². The molecule has 0 unspecified atom stereocenters. The topological polar surface area (TPSA) is 110 Å². The second kappa shape index (κ2) is 6.58. The molecule has 0 saturated carbocycles. The molecule has 0 amide bonds. The second-order valence-corrected chi connectivity index (χ2v) is 6.19. The van der Waals surface area contributed by atoms with Crippen LogP contribution >= 0.6 is 15.9 Å². The molecule has 0 saturated heterocycles. The van der Waals surface area contributed by atoms with Crippen LogP contribution in [0.25, 0.3) is 16.7 Å². The number of carboxylic acid groups (broad SMARTS) is 1. The highest BCUT2D eigenvalue weighted by Gasteiger charge is 2.23. The zero-order chi connectivity index (χ0) is 20.0. The number of nitrogens with zero attached hydrogens (tertiary/aromatic N) is 2. The first-order chi connectivity index (χ1) is 12.7. The van der Waals surface area contributed by atoms with Crippen molar-refractivity contribution in [3.63, 3.8) is 0 Å². The van der Waals surface area contributed by atoms with Gasteiger partial charge in [0.25, 0.3) is 0 Å². The van der Waals surface area contributed by atoms with Crippen molar-refractivity contribution in [1.82, 2.24) is 9.55 Å². The van der Waals surface area contributed by atoms with Crippen molar-refractivity contribution in [2.24, 2.45) is 0 Å². The number of hydrogen-bond acceptors (Lipinski definition) is 5. The van der Waals surface area contributed by atoms with E-state index in [2.05, 4.69) is 26.2 Å². The van der Waals surface area contributed by atoms with Gasteiger partial charge in [0.05, 0.1) is 21.1 Å². The minimum atomic E-state index is -1.61. The third-order valence-electron chi connectivity index (χ3n) is 3.83. The molecule has 3 aromatic rings. The molecule has 27 heavy (non-hydrogen) atoms. The van der Waals surface area contributed by atoms with Gasteiger partial charge in [-0.15, -0.1) is 0 Å². The van der Waals surface area contributed by atoms with Gasteiger partial charge in [0.1, 0.15) is 11.4 Å². The fraction of sp³-hybridized carbons (Fsp3) is 0.0625. The number of aromatic nitrogens is 2. The van der Waals surface area contributed by atoms with Crippen LogP contribution in [0.5, 0.6) is 0 Å². The van der Waals surface area contributed by atoms with Gasteiger partial charge in [0, 0.05) is 19.3 Å². The minimum Gasteiger partial charge on any atom is -0.477 e. The number of hydrogen-bond donors (Lipinski definition) is 3.